The number of fused-ring (bicyclic) bond motifs is 2. The summed E-state index contributed by atoms with van der Waals surface area (Å²) in [5.74, 6) is 0.862. The van der Waals surface area contributed by atoms with Crippen LogP contribution in [0.15, 0.2) is 99.6 Å². The summed E-state index contributed by atoms with van der Waals surface area (Å²) in [4.78, 5) is 17.7. The first-order chi connectivity index (χ1) is 16.7. The molecule has 0 aliphatic heterocycles. The van der Waals surface area contributed by atoms with E-state index in [1.54, 1.807) is 6.07 Å². The Labute approximate surface area is 197 Å². The number of hydrogen-bond donors (Lipinski definition) is 0. The summed E-state index contributed by atoms with van der Waals surface area (Å²) in [6, 6.07) is 23.0. The summed E-state index contributed by atoms with van der Waals surface area (Å²) in [5.41, 5.74) is 3.10. The summed E-state index contributed by atoms with van der Waals surface area (Å²) >= 11 is 1.41. The zero-order valence-corrected chi connectivity index (χ0v) is 18.7. The third kappa shape index (κ3) is 3.86. The summed E-state index contributed by atoms with van der Waals surface area (Å²) in [5, 5.41) is 14.7. The minimum absolute atomic E-state index is 0.163. The Bertz CT molecular complexity index is 1640. The molecule has 0 fully saturated rings. The number of hydrogen-bond acceptors (Lipinski definition) is 7. The van der Waals surface area contributed by atoms with Gasteiger partial charge >= 0.3 is 0 Å². The molecule has 166 valence electrons. The predicted octanol–water partition coefficient (Wildman–Crippen LogP) is 4.43. The van der Waals surface area contributed by atoms with Crippen molar-refractivity contribution >= 4 is 28.2 Å². The Hall–Kier alpha value is -4.24. The van der Waals surface area contributed by atoms with Gasteiger partial charge in [0.15, 0.2) is 5.69 Å². The van der Waals surface area contributed by atoms with Gasteiger partial charge in [0, 0.05) is 23.5 Å². The van der Waals surface area contributed by atoms with E-state index in [2.05, 4.69) is 20.3 Å². The molecule has 0 aliphatic rings. The quantitative estimate of drug-likeness (QED) is 0.335. The highest BCUT2D eigenvalue weighted by molar-refractivity contribution is 7.98. The predicted molar refractivity (Wildman–Crippen MR) is 130 cm³/mol. The van der Waals surface area contributed by atoms with Gasteiger partial charge in [0.2, 0.25) is 0 Å². The van der Waals surface area contributed by atoms with Gasteiger partial charge in [-0.25, -0.2) is 9.67 Å². The molecule has 0 radical (unpaired) electrons. The second-order valence-electron chi connectivity index (χ2n) is 7.70. The van der Waals surface area contributed by atoms with E-state index < -0.39 is 0 Å². The van der Waals surface area contributed by atoms with Crippen LogP contribution >= 0.6 is 11.8 Å². The van der Waals surface area contributed by atoms with Crippen LogP contribution in [0.1, 0.15) is 11.3 Å². The highest BCUT2D eigenvalue weighted by Crippen LogP contribution is 2.28. The molecule has 0 unspecified atom stereocenters. The van der Waals surface area contributed by atoms with Crippen LogP contribution in [-0.4, -0.2) is 29.4 Å². The molecule has 2 aromatic carbocycles. The lowest BCUT2D eigenvalue weighted by Crippen LogP contribution is -2.24. The molecule has 4 heterocycles. The van der Waals surface area contributed by atoms with Crippen molar-refractivity contribution in [1.29, 1.82) is 0 Å². The van der Waals surface area contributed by atoms with Crippen molar-refractivity contribution in [3.05, 3.63) is 107 Å². The molecule has 6 rings (SSSR count). The van der Waals surface area contributed by atoms with Gasteiger partial charge in [0.25, 0.3) is 16.7 Å². The van der Waals surface area contributed by atoms with E-state index in [4.69, 9.17) is 4.42 Å². The van der Waals surface area contributed by atoms with Gasteiger partial charge in [-0.3, -0.25) is 4.79 Å². The smallest absolute Gasteiger partial charge is 0.277 e. The Morgan fingerprint density at radius 1 is 0.882 bits per heavy atom. The van der Waals surface area contributed by atoms with Crippen molar-refractivity contribution < 1.29 is 4.42 Å². The second kappa shape index (κ2) is 8.60. The fraction of sp³-hybridized carbons (Fsp3) is 0.0800. The molecule has 0 saturated carbocycles. The van der Waals surface area contributed by atoms with Crippen LogP contribution < -0.4 is 5.56 Å². The molecule has 4 aromatic heterocycles. The SMILES string of the molecule is O=c1c2ccccc2c(-c2nnc(SCc3cn4ccccc4n3)o2)nn1Cc1ccccc1. The fourth-order valence-corrected chi connectivity index (χ4v) is 4.46. The molecule has 0 saturated heterocycles. The highest BCUT2D eigenvalue weighted by atomic mass is 32.2. The standard InChI is InChI=1S/C25H18N6O2S/c32-24-20-11-5-4-10-19(20)22(29-31(24)14-17-8-2-1-3-9-17)23-27-28-25(33-23)34-16-18-15-30-13-7-6-12-21(30)26-18/h1-13,15H,14,16H2. The Balaban J connectivity index is 1.32. The number of thioether (sulfide) groups is 1. The zero-order chi connectivity index (χ0) is 22.9. The van der Waals surface area contributed by atoms with Crippen LogP contribution in [0.5, 0.6) is 0 Å². The average molecular weight is 467 g/mol. The van der Waals surface area contributed by atoms with Gasteiger partial charge in [-0.15, -0.1) is 10.2 Å². The third-order valence-corrected chi connectivity index (χ3v) is 6.26. The largest absolute Gasteiger partial charge is 0.409 e. The van der Waals surface area contributed by atoms with Crippen molar-refractivity contribution in [2.24, 2.45) is 0 Å². The van der Waals surface area contributed by atoms with E-state index in [0.717, 1.165) is 16.9 Å². The molecule has 0 amide bonds. The van der Waals surface area contributed by atoms with Crippen LogP contribution in [0.4, 0.5) is 0 Å². The lowest BCUT2D eigenvalue weighted by atomic mass is 10.1. The summed E-state index contributed by atoms with van der Waals surface area (Å²) in [6.45, 7) is 0.348. The number of aromatic nitrogens is 6. The van der Waals surface area contributed by atoms with Crippen LogP contribution in [0.2, 0.25) is 0 Å². The highest BCUT2D eigenvalue weighted by Gasteiger charge is 2.18. The minimum atomic E-state index is -0.163. The van der Waals surface area contributed by atoms with Crippen LogP contribution in [-0.2, 0) is 12.3 Å². The first kappa shape index (κ1) is 20.4. The van der Waals surface area contributed by atoms with Gasteiger partial charge in [-0.05, 0) is 23.8 Å². The van der Waals surface area contributed by atoms with Crippen LogP contribution in [0.3, 0.4) is 0 Å². The van der Waals surface area contributed by atoms with Crippen LogP contribution in [0, 0.1) is 0 Å². The van der Waals surface area contributed by atoms with Gasteiger partial charge < -0.3 is 8.82 Å². The van der Waals surface area contributed by atoms with E-state index >= 15 is 0 Å². The van der Waals surface area contributed by atoms with E-state index in [1.165, 1.54) is 16.4 Å². The first-order valence-corrected chi connectivity index (χ1v) is 11.7. The van der Waals surface area contributed by atoms with Crippen molar-refractivity contribution in [2.45, 2.75) is 17.5 Å². The van der Waals surface area contributed by atoms with Gasteiger partial charge in [-0.1, -0.05) is 66.4 Å². The Morgan fingerprint density at radius 2 is 1.68 bits per heavy atom. The summed E-state index contributed by atoms with van der Waals surface area (Å²) < 4.78 is 9.37. The number of nitrogens with zero attached hydrogens (tertiary/aromatic N) is 6. The van der Waals surface area contributed by atoms with E-state index in [-0.39, 0.29) is 11.4 Å². The number of rotatable bonds is 6. The van der Waals surface area contributed by atoms with E-state index in [1.807, 2.05) is 83.5 Å². The third-order valence-electron chi connectivity index (χ3n) is 5.41. The number of pyridine rings is 1. The van der Waals surface area contributed by atoms with Gasteiger partial charge in [-0.2, -0.15) is 5.10 Å². The summed E-state index contributed by atoms with van der Waals surface area (Å²) in [7, 11) is 0. The fourth-order valence-electron chi connectivity index (χ4n) is 3.81. The van der Waals surface area contributed by atoms with Gasteiger partial charge in [0.05, 0.1) is 17.6 Å². The average Bonchev–Trinajstić information content (AvgIpc) is 3.52. The second-order valence-corrected chi connectivity index (χ2v) is 8.63. The minimum Gasteiger partial charge on any atom is -0.409 e. The lowest BCUT2D eigenvalue weighted by Gasteiger charge is -2.09. The van der Waals surface area contributed by atoms with E-state index in [0.29, 0.717) is 34.0 Å². The molecule has 0 bridgehead atoms. The monoisotopic (exact) mass is 466 g/mol. The topological polar surface area (TPSA) is 91.1 Å². The maximum atomic E-state index is 13.1. The van der Waals surface area contributed by atoms with Crippen molar-refractivity contribution in [3.63, 3.8) is 0 Å². The molecular weight excluding hydrogens is 448 g/mol. The molecule has 0 atom stereocenters. The molecule has 6 aromatic rings. The Kier molecular flexibility index (Phi) is 5.15. The molecule has 0 aliphatic carbocycles. The normalized spacial score (nSPS) is 11.4. The molecule has 0 N–H and O–H groups in total. The Morgan fingerprint density at radius 3 is 2.53 bits per heavy atom. The maximum absolute atomic E-state index is 13.1. The molecular formula is C25H18N6O2S. The summed E-state index contributed by atoms with van der Waals surface area (Å²) in [6.07, 6.45) is 3.94. The molecule has 0 spiro atoms. The van der Waals surface area contributed by atoms with Crippen molar-refractivity contribution in [3.8, 4) is 11.6 Å². The van der Waals surface area contributed by atoms with Crippen molar-refractivity contribution in [2.75, 3.05) is 0 Å². The molecule has 9 heteroatoms. The first-order valence-electron chi connectivity index (χ1n) is 10.7. The number of benzene rings is 2. The maximum Gasteiger partial charge on any atom is 0.277 e. The molecule has 8 nitrogen and oxygen atoms in total. The molecule has 34 heavy (non-hydrogen) atoms. The van der Waals surface area contributed by atoms with Gasteiger partial charge in [0.1, 0.15) is 5.65 Å². The lowest BCUT2D eigenvalue weighted by molar-refractivity contribution is 0.462. The van der Waals surface area contributed by atoms with E-state index in [9.17, 15) is 4.79 Å². The zero-order valence-electron chi connectivity index (χ0n) is 17.9. The van der Waals surface area contributed by atoms with Crippen LogP contribution in [0.25, 0.3) is 28.0 Å². The van der Waals surface area contributed by atoms with Crippen molar-refractivity contribution in [1.82, 2.24) is 29.4 Å². The number of imidazole rings is 1.